The molecule has 1 rings (SSSR count). The molecule has 0 radical (unpaired) electrons. The van der Waals surface area contributed by atoms with Crippen LogP contribution in [0, 0.1) is 12.3 Å². The van der Waals surface area contributed by atoms with Gasteiger partial charge in [-0.2, -0.15) is 0 Å². The molecular weight excluding hydrogens is 208 g/mol. The molecule has 1 heterocycles. The highest BCUT2D eigenvalue weighted by Gasteiger charge is 2.15. The van der Waals surface area contributed by atoms with Crippen LogP contribution in [0.4, 0.5) is 0 Å². The van der Waals surface area contributed by atoms with Crippen molar-refractivity contribution in [2.75, 3.05) is 0 Å². The molecule has 0 aliphatic carbocycles. The van der Waals surface area contributed by atoms with Gasteiger partial charge in [-0.05, 0) is 13.0 Å². The number of rotatable bonds is 2. The monoisotopic (exact) mass is 224 g/mol. The van der Waals surface area contributed by atoms with Crippen molar-refractivity contribution in [1.29, 1.82) is 5.41 Å². The summed E-state index contributed by atoms with van der Waals surface area (Å²) in [5.41, 5.74) is 6.73. The van der Waals surface area contributed by atoms with Crippen LogP contribution in [0.25, 0.3) is 0 Å². The van der Waals surface area contributed by atoms with Crippen LogP contribution in [0.1, 0.15) is 32.2 Å². The van der Waals surface area contributed by atoms with E-state index < -0.39 is 0 Å². The Bertz CT molecular complexity index is 381. The second-order valence-electron chi connectivity index (χ2n) is 4.31. The number of aryl methyl sites for hydroxylation is 1. The molecule has 0 saturated heterocycles. The first-order valence-electron chi connectivity index (χ1n) is 4.67. The number of thioether (sulfide) groups is 1. The molecule has 0 fully saturated rings. The minimum absolute atomic E-state index is 0.0174. The molecule has 0 unspecified atom stereocenters. The number of hydrogen-bond donors (Lipinski definition) is 2. The quantitative estimate of drug-likeness (QED) is 0.348. The van der Waals surface area contributed by atoms with Crippen LogP contribution in [-0.2, 0) is 0 Å². The lowest BCUT2D eigenvalue weighted by Crippen LogP contribution is -2.16. The Morgan fingerprint density at radius 1 is 1.40 bits per heavy atom. The van der Waals surface area contributed by atoms with Crippen molar-refractivity contribution in [3.8, 4) is 0 Å². The van der Waals surface area contributed by atoms with Crippen molar-refractivity contribution in [2.45, 2.75) is 37.6 Å². The highest BCUT2D eigenvalue weighted by molar-refractivity contribution is 8.00. The minimum atomic E-state index is -0.0174. The zero-order valence-corrected chi connectivity index (χ0v) is 10.3. The summed E-state index contributed by atoms with van der Waals surface area (Å²) in [5, 5.41) is 8.01. The van der Waals surface area contributed by atoms with Crippen molar-refractivity contribution in [3.05, 3.63) is 17.5 Å². The van der Waals surface area contributed by atoms with E-state index in [1.807, 2.05) is 6.92 Å². The number of aromatic nitrogens is 2. The van der Waals surface area contributed by atoms with Crippen LogP contribution < -0.4 is 5.73 Å². The Morgan fingerprint density at radius 2 is 2.00 bits per heavy atom. The molecule has 0 saturated carbocycles. The zero-order valence-electron chi connectivity index (χ0n) is 9.46. The van der Waals surface area contributed by atoms with Crippen LogP contribution in [0.3, 0.4) is 0 Å². The second-order valence-corrected chi connectivity index (χ2v) is 6.10. The molecule has 4 nitrogen and oxygen atoms in total. The maximum Gasteiger partial charge on any atom is 0.188 e. The molecule has 0 atom stereocenters. The van der Waals surface area contributed by atoms with Crippen LogP contribution >= 0.6 is 11.8 Å². The summed E-state index contributed by atoms with van der Waals surface area (Å²) < 4.78 is 0.0574. The molecule has 3 N–H and O–H groups in total. The largest absolute Gasteiger partial charge is 0.382 e. The van der Waals surface area contributed by atoms with E-state index in [9.17, 15) is 0 Å². The average Bonchev–Trinajstić information content (AvgIpc) is 1.99. The second kappa shape index (κ2) is 4.18. The fourth-order valence-electron chi connectivity index (χ4n) is 0.999. The maximum atomic E-state index is 7.34. The Kier molecular flexibility index (Phi) is 3.34. The first-order valence-corrected chi connectivity index (χ1v) is 5.49. The molecule has 15 heavy (non-hydrogen) atoms. The summed E-state index contributed by atoms with van der Waals surface area (Å²) in [4.78, 5) is 8.52. The number of amidine groups is 1. The summed E-state index contributed by atoms with van der Waals surface area (Å²) in [6.07, 6.45) is 0. The Balaban J connectivity index is 3.04. The van der Waals surface area contributed by atoms with Crippen molar-refractivity contribution in [1.82, 2.24) is 9.97 Å². The molecule has 0 aliphatic rings. The van der Waals surface area contributed by atoms with E-state index in [0.717, 1.165) is 5.69 Å². The molecule has 0 aliphatic heterocycles. The van der Waals surface area contributed by atoms with Gasteiger partial charge in [-0.1, -0.05) is 32.5 Å². The van der Waals surface area contributed by atoms with Crippen LogP contribution in [0.15, 0.2) is 11.2 Å². The van der Waals surface area contributed by atoms with E-state index in [2.05, 4.69) is 30.7 Å². The number of hydrogen-bond acceptors (Lipinski definition) is 4. The third-order valence-corrected chi connectivity index (χ3v) is 2.48. The third kappa shape index (κ3) is 3.87. The SMILES string of the molecule is Cc1cc(C(=N)N)nc(SC(C)(C)C)n1. The Morgan fingerprint density at radius 3 is 2.47 bits per heavy atom. The van der Waals surface area contributed by atoms with Gasteiger partial charge in [-0.15, -0.1) is 0 Å². The van der Waals surface area contributed by atoms with Gasteiger partial charge >= 0.3 is 0 Å². The Hall–Kier alpha value is -1.10. The predicted octanol–water partition coefficient (Wildman–Crippen LogP) is 1.96. The lowest BCUT2D eigenvalue weighted by molar-refractivity contribution is 0.788. The van der Waals surface area contributed by atoms with Gasteiger partial charge < -0.3 is 5.73 Å². The fraction of sp³-hybridized carbons (Fsp3) is 0.500. The fourth-order valence-corrected chi connectivity index (χ4v) is 1.88. The first kappa shape index (κ1) is 12.0. The van der Waals surface area contributed by atoms with E-state index in [1.165, 1.54) is 0 Å². The van der Waals surface area contributed by atoms with Crippen molar-refractivity contribution in [2.24, 2.45) is 5.73 Å². The molecule has 82 valence electrons. The molecule has 1 aromatic heterocycles. The van der Waals surface area contributed by atoms with Crippen LogP contribution in [0.2, 0.25) is 0 Å². The molecular formula is C10H16N4S. The summed E-state index contributed by atoms with van der Waals surface area (Å²) in [7, 11) is 0. The highest BCUT2D eigenvalue weighted by atomic mass is 32.2. The first-order chi connectivity index (χ1) is 6.78. The normalized spacial score (nSPS) is 11.5. The van der Waals surface area contributed by atoms with Gasteiger partial charge in [0.2, 0.25) is 0 Å². The van der Waals surface area contributed by atoms with E-state index in [0.29, 0.717) is 10.9 Å². The van der Waals surface area contributed by atoms with E-state index in [-0.39, 0.29) is 10.6 Å². The molecule has 0 aromatic carbocycles. The van der Waals surface area contributed by atoms with Gasteiger partial charge in [0.05, 0.1) is 0 Å². The lowest BCUT2D eigenvalue weighted by atomic mass is 10.3. The smallest absolute Gasteiger partial charge is 0.188 e. The lowest BCUT2D eigenvalue weighted by Gasteiger charge is -2.16. The van der Waals surface area contributed by atoms with E-state index >= 15 is 0 Å². The molecule has 1 aromatic rings. The number of nitrogen functional groups attached to an aromatic ring is 1. The summed E-state index contributed by atoms with van der Waals surface area (Å²) >= 11 is 1.57. The van der Waals surface area contributed by atoms with Gasteiger partial charge in [0.1, 0.15) is 11.5 Å². The van der Waals surface area contributed by atoms with Crippen molar-refractivity contribution < 1.29 is 0 Å². The van der Waals surface area contributed by atoms with Crippen molar-refractivity contribution >= 4 is 17.6 Å². The van der Waals surface area contributed by atoms with Gasteiger partial charge in [-0.25, -0.2) is 9.97 Å². The van der Waals surface area contributed by atoms with Gasteiger partial charge in [0.15, 0.2) is 5.16 Å². The van der Waals surface area contributed by atoms with Gasteiger partial charge in [0, 0.05) is 10.4 Å². The number of nitrogens with one attached hydrogen (secondary N) is 1. The predicted molar refractivity (Wildman–Crippen MR) is 63.4 cm³/mol. The molecule has 0 spiro atoms. The molecule has 0 amide bonds. The standard InChI is InChI=1S/C10H16N4S/c1-6-5-7(8(11)12)14-9(13-6)15-10(2,3)4/h5H,1-4H3,(H3,11,12). The summed E-state index contributed by atoms with van der Waals surface area (Å²) in [6.45, 7) is 8.16. The van der Waals surface area contributed by atoms with Crippen LogP contribution in [0.5, 0.6) is 0 Å². The van der Waals surface area contributed by atoms with E-state index in [1.54, 1.807) is 17.8 Å². The van der Waals surface area contributed by atoms with E-state index in [4.69, 9.17) is 11.1 Å². The van der Waals surface area contributed by atoms with Gasteiger partial charge in [-0.3, -0.25) is 5.41 Å². The third-order valence-electron chi connectivity index (χ3n) is 1.51. The average molecular weight is 224 g/mol. The Labute approximate surface area is 94.2 Å². The van der Waals surface area contributed by atoms with Gasteiger partial charge in [0.25, 0.3) is 0 Å². The minimum Gasteiger partial charge on any atom is -0.382 e. The van der Waals surface area contributed by atoms with Crippen molar-refractivity contribution in [3.63, 3.8) is 0 Å². The number of nitrogens with zero attached hydrogens (tertiary/aromatic N) is 2. The number of nitrogens with two attached hydrogens (primary N) is 1. The van der Waals surface area contributed by atoms with Crippen LogP contribution in [-0.4, -0.2) is 20.6 Å². The highest BCUT2D eigenvalue weighted by Crippen LogP contribution is 2.29. The summed E-state index contributed by atoms with van der Waals surface area (Å²) in [6, 6.07) is 1.72. The molecule has 5 heteroatoms. The zero-order chi connectivity index (χ0) is 11.6. The molecule has 0 bridgehead atoms. The maximum absolute atomic E-state index is 7.34. The topological polar surface area (TPSA) is 75.7 Å². The summed E-state index contributed by atoms with van der Waals surface area (Å²) in [5.74, 6) is -0.0174.